The summed E-state index contributed by atoms with van der Waals surface area (Å²) in [6, 6.07) is 8.17. The lowest BCUT2D eigenvalue weighted by molar-refractivity contribution is -0.119. The van der Waals surface area contributed by atoms with E-state index < -0.39 is 0 Å². The van der Waals surface area contributed by atoms with Crippen LogP contribution in [0, 0.1) is 11.8 Å². The van der Waals surface area contributed by atoms with E-state index in [1.54, 1.807) is 11.8 Å². The number of rotatable bonds is 5. The number of amides is 1. The molecule has 0 aromatic heterocycles. The van der Waals surface area contributed by atoms with E-state index in [0.717, 1.165) is 17.2 Å². The van der Waals surface area contributed by atoms with Gasteiger partial charge in [-0.15, -0.1) is 11.8 Å². The molecule has 0 radical (unpaired) electrons. The minimum absolute atomic E-state index is 0.167. The van der Waals surface area contributed by atoms with Gasteiger partial charge in [-0.3, -0.25) is 4.79 Å². The molecule has 1 aliphatic carbocycles. The zero-order valence-electron chi connectivity index (χ0n) is 12.8. The van der Waals surface area contributed by atoms with Crippen LogP contribution >= 0.6 is 23.4 Å². The predicted octanol–water partition coefficient (Wildman–Crippen LogP) is 4.51. The summed E-state index contributed by atoms with van der Waals surface area (Å²) in [6.45, 7) is 4.55. The molecule has 0 heterocycles. The number of hydrogen-bond acceptors (Lipinski definition) is 2. The van der Waals surface area contributed by atoms with Crippen molar-refractivity contribution < 1.29 is 4.79 Å². The Morgan fingerprint density at radius 1 is 1.29 bits per heavy atom. The van der Waals surface area contributed by atoms with Crippen molar-refractivity contribution in [1.29, 1.82) is 0 Å². The standard InChI is InChI=1S/C17H24ClNOS/c1-12-4-3-5-16(13(12)2)19-17(20)11-21-10-14-6-8-15(18)9-7-14/h6-9,12-13,16H,3-5,10-11H2,1-2H3,(H,19,20). The lowest BCUT2D eigenvalue weighted by Gasteiger charge is -2.34. The van der Waals surface area contributed by atoms with Gasteiger partial charge in [-0.2, -0.15) is 0 Å². The Bertz CT molecular complexity index is 462. The highest BCUT2D eigenvalue weighted by Crippen LogP contribution is 2.29. The Balaban J connectivity index is 1.71. The Labute approximate surface area is 137 Å². The second-order valence-corrected chi connectivity index (χ2v) is 7.48. The van der Waals surface area contributed by atoms with E-state index in [-0.39, 0.29) is 5.91 Å². The maximum atomic E-state index is 12.1. The number of thioether (sulfide) groups is 1. The average molecular weight is 326 g/mol. The van der Waals surface area contributed by atoms with Crippen LogP contribution in [-0.4, -0.2) is 17.7 Å². The fourth-order valence-electron chi connectivity index (χ4n) is 2.88. The lowest BCUT2D eigenvalue weighted by Crippen LogP contribution is -2.44. The van der Waals surface area contributed by atoms with Crippen molar-refractivity contribution in [3.8, 4) is 0 Å². The molecule has 1 aliphatic rings. The molecular weight excluding hydrogens is 302 g/mol. The maximum absolute atomic E-state index is 12.1. The van der Waals surface area contributed by atoms with Crippen molar-refractivity contribution in [3.63, 3.8) is 0 Å². The van der Waals surface area contributed by atoms with Gasteiger partial charge >= 0.3 is 0 Å². The van der Waals surface area contributed by atoms with E-state index in [0.29, 0.717) is 23.6 Å². The van der Waals surface area contributed by atoms with Crippen molar-refractivity contribution in [1.82, 2.24) is 5.32 Å². The summed E-state index contributed by atoms with van der Waals surface area (Å²) in [5, 5.41) is 3.97. The fourth-order valence-corrected chi connectivity index (χ4v) is 3.80. The Hall–Kier alpha value is -0.670. The molecule has 1 N–H and O–H groups in total. The van der Waals surface area contributed by atoms with Gasteiger partial charge in [-0.05, 0) is 36.0 Å². The van der Waals surface area contributed by atoms with Gasteiger partial charge in [-0.1, -0.05) is 50.4 Å². The van der Waals surface area contributed by atoms with Gasteiger partial charge in [-0.25, -0.2) is 0 Å². The van der Waals surface area contributed by atoms with Gasteiger partial charge in [0.2, 0.25) is 5.91 Å². The molecule has 21 heavy (non-hydrogen) atoms. The first-order valence-electron chi connectivity index (χ1n) is 7.68. The molecule has 116 valence electrons. The number of nitrogens with one attached hydrogen (secondary N) is 1. The minimum Gasteiger partial charge on any atom is -0.352 e. The number of hydrogen-bond donors (Lipinski definition) is 1. The highest BCUT2D eigenvalue weighted by atomic mass is 35.5. The molecule has 0 bridgehead atoms. The molecule has 1 aromatic carbocycles. The van der Waals surface area contributed by atoms with Crippen LogP contribution in [-0.2, 0) is 10.5 Å². The van der Waals surface area contributed by atoms with Crippen molar-refractivity contribution in [2.24, 2.45) is 11.8 Å². The average Bonchev–Trinajstić information content (AvgIpc) is 2.46. The highest BCUT2D eigenvalue weighted by molar-refractivity contribution is 7.99. The van der Waals surface area contributed by atoms with E-state index in [2.05, 4.69) is 19.2 Å². The van der Waals surface area contributed by atoms with E-state index in [9.17, 15) is 4.79 Å². The number of benzene rings is 1. The van der Waals surface area contributed by atoms with Crippen LogP contribution in [0.15, 0.2) is 24.3 Å². The quantitative estimate of drug-likeness (QED) is 0.862. The van der Waals surface area contributed by atoms with Crippen molar-refractivity contribution in [3.05, 3.63) is 34.9 Å². The van der Waals surface area contributed by atoms with Crippen LogP contribution in [0.2, 0.25) is 5.02 Å². The van der Waals surface area contributed by atoms with Crippen LogP contribution in [0.1, 0.15) is 38.7 Å². The summed E-state index contributed by atoms with van der Waals surface area (Å²) in [5.41, 5.74) is 1.21. The summed E-state index contributed by atoms with van der Waals surface area (Å²) < 4.78 is 0. The SMILES string of the molecule is CC1CCCC(NC(=O)CSCc2ccc(Cl)cc2)C1C. The summed E-state index contributed by atoms with van der Waals surface area (Å²) >= 11 is 7.51. The van der Waals surface area contributed by atoms with E-state index in [1.807, 2.05) is 24.3 Å². The van der Waals surface area contributed by atoms with Crippen LogP contribution in [0.4, 0.5) is 0 Å². The topological polar surface area (TPSA) is 29.1 Å². The van der Waals surface area contributed by atoms with Crippen LogP contribution in [0.3, 0.4) is 0 Å². The van der Waals surface area contributed by atoms with Gasteiger partial charge in [0.1, 0.15) is 0 Å². The first kappa shape index (κ1) is 16.7. The second kappa shape index (κ2) is 8.09. The monoisotopic (exact) mass is 325 g/mol. The molecule has 3 unspecified atom stereocenters. The molecule has 0 aliphatic heterocycles. The third-order valence-electron chi connectivity index (χ3n) is 4.47. The van der Waals surface area contributed by atoms with Crippen LogP contribution in [0.5, 0.6) is 0 Å². The first-order chi connectivity index (χ1) is 10.1. The molecule has 1 fully saturated rings. The molecule has 3 atom stereocenters. The second-order valence-electron chi connectivity index (χ2n) is 6.06. The van der Waals surface area contributed by atoms with Crippen molar-refractivity contribution >= 4 is 29.3 Å². The largest absolute Gasteiger partial charge is 0.352 e. The number of halogens is 1. The zero-order valence-corrected chi connectivity index (χ0v) is 14.3. The van der Waals surface area contributed by atoms with Crippen molar-refractivity contribution in [2.45, 2.75) is 44.9 Å². The molecule has 4 heteroatoms. The Morgan fingerprint density at radius 3 is 2.71 bits per heavy atom. The van der Waals surface area contributed by atoms with Crippen LogP contribution in [0.25, 0.3) is 0 Å². The minimum atomic E-state index is 0.167. The Kier molecular flexibility index (Phi) is 6.43. The maximum Gasteiger partial charge on any atom is 0.230 e. The van der Waals surface area contributed by atoms with Gasteiger partial charge in [0.15, 0.2) is 0 Å². The van der Waals surface area contributed by atoms with Gasteiger partial charge in [0, 0.05) is 16.8 Å². The normalized spacial score (nSPS) is 25.6. The zero-order chi connectivity index (χ0) is 15.2. The lowest BCUT2D eigenvalue weighted by atomic mass is 9.78. The van der Waals surface area contributed by atoms with E-state index >= 15 is 0 Å². The first-order valence-corrected chi connectivity index (χ1v) is 9.21. The third-order valence-corrected chi connectivity index (χ3v) is 5.72. The summed E-state index contributed by atoms with van der Waals surface area (Å²) in [4.78, 5) is 12.1. The summed E-state index contributed by atoms with van der Waals surface area (Å²) in [7, 11) is 0. The molecule has 2 rings (SSSR count). The van der Waals surface area contributed by atoms with Gasteiger partial charge in [0.25, 0.3) is 0 Å². The van der Waals surface area contributed by atoms with Crippen LogP contribution < -0.4 is 5.32 Å². The number of carbonyl (C=O) groups is 1. The van der Waals surface area contributed by atoms with Crippen molar-refractivity contribution in [2.75, 3.05) is 5.75 Å². The highest BCUT2D eigenvalue weighted by Gasteiger charge is 2.27. The predicted molar refractivity (Wildman–Crippen MR) is 91.7 cm³/mol. The van der Waals surface area contributed by atoms with E-state index in [1.165, 1.54) is 18.4 Å². The molecule has 0 spiro atoms. The number of carbonyl (C=O) groups excluding carboxylic acids is 1. The molecule has 1 amide bonds. The molecular formula is C17H24ClNOS. The summed E-state index contributed by atoms with van der Waals surface area (Å²) in [6.07, 6.45) is 3.65. The molecule has 1 aromatic rings. The Morgan fingerprint density at radius 2 is 2.00 bits per heavy atom. The van der Waals surface area contributed by atoms with Gasteiger partial charge in [0.05, 0.1) is 5.75 Å². The fraction of sp³-hybridized carbons (Fsp3) is 0.588. The summed E-state index contributed by atoms with van der Waals surface area (Å²) in [5.74, 6) is 2.84. The molecule has 0 saturated heterocycles. The smallest absolute Gasteiger partial charge is 0.230 e. The van der Waals surface area contributed by atoms with Gasteiger partial charge < -0.3 is 5.32 Å². The molecule has 2 nitrogen and oxygen atoms in total. The molecule has 1 saturated carbocycles. The third kappa shape index (κ3) is 5.23. The van der Waals surface area contributed by atoms with E-state index in [4.69, 9.17) is 11.6 Å².